The average molecular weight is 266 g/mol. The van der Waals surface area contributed by atoms with Crippen molar-refractivity contribution < 1.29 is 13.2 Å². The van der Waals surface area contributed by atoms with Crippen LogP contribution >= 0.6 is 0 Å². The molecule has 0 bridgehead atoms. The molecule has 3 aromatic rings. The highest BCUT2D eigenvalue weighted by atomic mass is 19.4. The van der Waals surface area contributed by atoms with E-state index in [2.05, 4.69) is 15.2 Å². The summed E-state index contributed by atoms with van der Waals surface area (Å²) in [6.45, 7) is 0. The largest absolute Gasteiger partial charge is 0.431 e. The van der Waals surface area contributed by atoms with Crippen molar-refractivity contribution in [1.82, 2.24) is 15.2 Å². The number of H-pyrrole nitrogens is 2. The summed E-state index contributed by atoms with van der Waals surface area (Å²) in [7, 11) is 0. The van der Waals surface area contributed by atoms with Crippen LogP contribution in [0.3, 0.4) is 0 Å². The maximum absolute atomic E-state index is 12.7. The van der Waals surface area contributed by atoms with Gasteiger partial charge >= 0.3 is 6.18 Å². The third kappa shape index (κ3) is 1.92. The molecule has 0 saturated heterocycles. The second-order valence-electron chi connectivity index (χ2n) is 4.15. The molecule has 98 valence electrons. The van der Waals surface area contributed by atoms with Crippen LogP contribution in [0.4, 0.5) is 19.0 Å². The first-order valence-corrected chi connectivity index (χ1v) is 5.45. The van der Waals surface area contributed by atoms with Gasteiger partial charge in [-0.3, -0.25) is 5.10 Å². The Bertz CT molecular complexity index is 739. The van der Waals surface area contributed by atoms with Crippen LogP contribution < -0.4 is 5.73 Å². The van der Waals surface area contributed by atoms with Crippen LogP contribution in [-0.2, 0) is 6.18 Å². The molecule has 4 nitrogen and oxygen atoms in total. The number of nitrogen functional groups attached to an aromatic ring is 1. The number of nitrogens with two attached hydrogens (primary N) is 1. The van der Waals surface area contributed by atoms with Crippen molar-refractivity contribution >= 4 is 16.7 Å². The summed E-state index contributed by atoms with van der Waals surface area (Å²) in [5, 5.41) is 6.94. The predicted molar refractivity (Wildman–Crippen MR) is 65.3 cm³/mol. The Hall–Kier alpha value is -2.44. The lowest BCUT2D eigenvalue weighted by atomic mass is 10.1. The zero-order valence-electron chi connectivity index (χ0n) is 9.55. The van der Waals surface area contributed by atoms with Gasteiger partial charge < -0.3 is 10.7 Å². The number of nitrogens with zero attached hydrogens (tertiary/aromatic N) is 1. The smallest absolute Gasteiger partial charge is 0.382 e. The van der Waals surface area contributed by atoms with E-state index in [4.69, 9.17) is 5.73 Å². The van der Waals surface area contributed by atoms with Crippen molar-refractivity contribution in [2.24, 2.45) is 0 Å². The molecule has 4 N–H and O–H groups in total. The zero-order chi connectivity index (χ0) is 13.6. The number of aromatic nitrogens is 3. The Kier molecular flexibility index (Phi) is 2.31. The van der Waals surface area contributed by atoms with E-state index in [-0.39, 0.29) is 0 Å². The van der Waals surface area contributed by atoms with Crippen LogP contribution in [-0.4, -0.2) is 15.2 Å². The molecule has 0 spiro atoms. The number of aromatic amines is 2. The van der Waals surface area contributed by atoms with Crippen LogP contribution in [0.15, 0.2) is 30.3 Å². The fourth-order valence-corrected chi connectivity index (χ4v) is 2.02. The molecule has 0 amide bonds. The number of hydrogen-bond acceptors (Lipinski definition) is 2. The van der Waals surface area contributed by atoms with E-state index in [9.17, 15) is 13.2 Å². The second-order valence-corrected chi connectivity index (χ2v) is 4.15. The van der Waals surface area contributed by atoms with Gasteiger partial charge in [-0.25, -0.2) is 0 Å². The molecule has 0 atom stereocenters. The standard InChI is InChI=1S/C12H9F3N4/c13-12(14,15)10-4-7-6(2-1-3-8(7)17-10)9-5-11(16)19-18-9/h1-5,17H,(H3,16,18,19). The molecule has 0 fully saturated rings. The lowest BCUT2D eigenvalue weighted by molar-refractivity contribution is -0.140. The first-order chi connectivity index (χ1) is 8.95. The first kappa shape index (κ1) is 11.6. The molecule has 0 aliphatic heterocycles. The summed E-state index contributed by atoms with van der Waals surface area (Å²) < 4.78 is 38.1. The molecule has 19 heavy (non-hydrogen) atoms. The number of hydrogen-bond donors (Lipinski definition) is 3. The molecule has 0 aliphatic carbocycles. The summed E-state index contributed by atoms with van der Waals surface area (Å²) in [6, 6.07) is 7.64. The van der Waals surface area contributed by atoms with E-state index in [0.29, 0.717) is 28.0 Å². The van der Waals surface area contributed by atoms with Crippen LogP contribution in [0.5, 0.6) is 0 Å². The summed E-state index contributed by atoms with van der Waals surface area (Å²) >= 11 is 0. The van der Waals surface area contributed by atoms with Crippen molar-refractivity contribution in [3.63, 3.8) is 0 Å². The van der Waals surface area contributed by atoms with Crippen LogP contribution in [0.2, 0.25) is 0 Å². The van der Waals surface area contributed by atoms with Gasteiger partial charge in [-0.2, -0.15) is 18.3 Å². The molecule has 1 aromatic carbocycles. The highest BCUT2D eigenvalue weighted by molar-refractivity contribution is 5.95. The van der Waals surface area contributed by atoms with Gasteiger partial charge in [0, 0.05) is 22.5 Å². The van der Waals surface area contributed by atoms with E-state index in [0.717, 1.165) is 6.07 Å². The SMILES string of the molecule is Nc1cc(-c2cccc3[nH]c(C(F)(F)F)cc23)[nH]n1. The van der Waals surface area contributed by atoms with Gasteiger partial charge in [-0.05, 0) is 12.1 Å². The van der Waals surface area contributed by atoms with E-state index < -0.39 is 11.9 Å². The molecule has 7 heteroatoms. The average Bonchev–Trinajstić information content (AvgIpc) is 2.93. The van der Waals surface area contributed by atoms with Gasteiger partial charge in [0.25, 0.3) is 0 Å². The molecule has 0 radical (unpaired) electrons. The van der Waals surface area contributed by atoms with Crippen molar-refractivity contribution in [3.05, 3.63) is 36.0 Å². The van der Waals surface area contributed by atoms with Gasteiger partial charge in [-0.15, -0.1) is 0 Å². The zero-order valence-corrected chi connectivity index (χ0v) is 9.55. The molecule has 3 rings (SSSR count). The number of anilines is 1. The fourth-order valence-electron chi connectivity index (χ4n) is 2.02. The maximum Gasteiger partial charge on any atom is 0.431 e. The number of fused-ring (bicyclic) bond motifs is 1. The normalized spacial score (nSPS) is 12.2. The third-order valence-corrected chi connectivity index (χ3v) is 2.86. The number of benzene rings is 1. The molecule has 2 heterocycles. The Morgan fingerprint density at radius 1 is 1.16 bits per heavy atom. The third-order valence-electron chi connectivity index (χ3n) is 2.86. The summed E-state index contributed by atoms with van der Waals surface area (Å²) in [4.78, 5) is 2.36. The summed E-state index contributed by atoms with van der Waals surface area (Å²) in [6.07, 6.45) is -4.40. The molecular formula is C12H9F3N4. The van der Waals surface area contributed by atoms with Gasteiger partial charge in [0.15, 0.2) is 0 Å². The van der Waals surface area contributed by atoms with Gasteiger partial charge in [-0.1, -0.05) is 12.1 Å². The number of nitrogens with one attached hydrogen (secondary N) is 2. The summed E-state index contributed by atoms with van der Waals surface area (Å²) in [5.74, 6) is 0.290. The highest BCUT2D eigenvalue weighted by Crippen LogP contribution is 2.34. The van der Waals surface area contributed by atoms with Gasteiger partial charge in [0.2, 0.25) is 0 Å². The van der Waals surface area contributed by atoms with E-state index in [1.54, 1.807) is 24.3 Å². The number of halogens is 3. The molecule has 0 unspecified atom stereocenters. The van der Waals surface area contributed by atoms with Crippen molar-refractivity contribution in [2.45, 2.75) is 6.18 Å². The molecular weight excluding hydrogens is 257 g/mol. The Morgan fingerprint density at radius 2 is 1.95 bits per heavy atom. The minimum atomic E-state index is -4.40. The van der Waals surface area contributed by atoms with Crippen molar-refractivity contribution in [3.8, 4) is 11.3 Å². The lowest BCUT2D eigenvalue weighted by Crippen LogP contribution is -2.04. The maximum atomic E-state index is 12.7. The molecule has 2 aromatic heterocycles. The lowest BCUT2D eigenvalue weighted by Gasteiger charge is -2.00. The highest BCUT2D eigenvalue weighted by Gasteiger charge is 2.32. The molecule has 0 aliphatic rings. The summed E-state index contributed by atoms with van der Waals surface area (Å²) in [5.41, 5.74) is 6.34. The van der Waals surface area contributed by atoms with Crippen molar-refractivity contribution in [2.75, 3.05) is 5.73 Å². The van der Waals surface area contributed by atoms with E-state index in [1.165, 1.54) is 0 Å². The van der Waals surface area contributed by atoms with Crippen LogP contribution in [0.1, 0.15) is 5.69 Å². The number of alkyl halides is 3. The Balaban J connectivity index is 2.23. The topological polar surface area (TPSA) is 70.5 Å². The van der Waals surface area contributed by atoms with Crippen LogP contribution in [0.25, 0.3) is 22.2 Å². The van der Waals surface area contributed by atoms with Crippen molar-refractivity contribution in [1.29, 1.82) is 0 Å². The fraction of sp³-hybridized carbons (Fsp3) is 0.0833. The molecule has 0 saturated carbocycles. The minimum Gasteiger partial charge on any atom is -0.382 e. The first-order valence-electron chi connectivity index (χ1n) is 5.45. The minimum absolute atomic E-state index is 0.290. The Labute approximate surface area is 105 Å². The number of rotatable bonds is 1. The quantitative estimate of drug-likeness (QED) is 0.633. The van der Waals surface area contributed by atoms with Gasteiger partial charge in [0.05, 0.1) is 5.69 Å². The van der Waals surface area contributed by atoms with Gasteiger partial charge in [0.1, 0.15) is 11.5 Å². The predicted octanol–water partition coefficient (Wildman–Crippen LogP) is 3.16. The second kappa shape index (κ2) is 3.78. The van der Waals surface area contributed by atoms with E-state index >= 15 is 0 Å². The van der Waals surface area contributed by atoms with E-state index in [1.807, 2.05) is 0 Å². The Morgan fingerprint density at radius 3 is 2.58 bits per heavy atom. The van der Waals surface area contributed by atoms with Crippen LogP contribution in [0, 0.1) is 0 Å². The monoisotopic (exact) mass is 266 g/mol.